The number of ether oxygens (including phenoxy) is 1. The van der Waals surface area contributed by atoms with Crippen molar-refractivity contribution in [1.29, 1.82) is 0 Å². The van der Waals surface area contributed by atoms with E-state index in [4.69, 9.17) is 20.8 Å². The van der Waals surface area contributed by atoms with Gasteiger partial charge in [0.05, 0.1) is 22.9 Å². The lowest BCUT2D eigenvalue weighted by atomic mass is 10.2. The van der Waals surface area contributed by atoms with Crippen molar-refractivity contribution in [1.82, 2.24) is 14.7 Å². The first kappa shape index (κ1) is 19.5. The molecule has 0 spiro atoms. The van der Waals surface area contributed by atoms with E-state index >= 15 is 0 Å². The highest BCUT2D eigenvalue weighted by Gasteiger charge is 2.19. The summed E-state index contributed by atoms with van der Waals surface area (Å²) in [7, 11) is 3.55. The molecule has 0 aliphatic heterocycles. The zero-order valence-electron chi connectivity index (χ0n) is 15.2. The van der Waals surface area contributed by atoms with Gasteiger partial charge < -0.3 is 14.1 Å². The second-order valence-electron chi connectivity index (χ2n) is 6.19. The number of furan rings is 1. The molecule has 0 saturated carbocycles. The number of carbonyl (C=O) groups excluding carboxylic acids is 1. The molecule has 0 bridgehead atoms. The van der Waals surface area contributed by atoms with Crippen LogP contribution in [0.4, 0.5) is 0 Å². The van der Waals surface area contributed by atoms with E-state index in [1.807, 2.05) is 26.1 Å². The predicted molar refractivity (Wildman–Crippen MR) is 106 cm³/mol. The van der Waals surface area contributed by atoms with Crippen LogP contribution < -0.4 is 4.74 Å². The van der Waals surface area contributed by atoms with E-state index in [0.717, 1.165) is 21.5 Å². The molecule has 0 unspecified atom stereocenters. The van der Waals surface area contributed by atoms with Crippen LogP contribution in [0.15, 0.2) is 45.4 Å². The number of hydrogen-bond donors (Lipinski definition) is 0. The Labute approximate surface area is 170 Å². The van der Waals surface area contributed by atoms with Crippen molar-refractivity contribution in [3.63, 3.8) is 0 Å². The highest BCUT2D eigenvalue weighted by Crippen LogP contribution is 2.23. The lowest BCUT2D eigenvalue weighted by Gasteiger charge is -2.16. The molecule has 3 aromatic rings. The van der Waals surface area contributed by atoms with Gasteiger partial charge in [0, 0.05) is 19.1 Å². The van der Waals surface area contributed by atoms with E-state index in [0.29, 0.717) is 17.3 Å². The third-order valence-corrected chi connectivity index (χ3v) is 5.02. The molecule has 0 radical (unpaired) electrons. The number of rotatable bonds is 6. The fourth-order valence-electron chi connectivity index (χ4n) is 2.59. The van der Waals surface area contributed by atoms with Gasteiger partial charge in [-0.05, 0) is 58.7 Å². The molecular formula is C19H19BrClN3O3. The summed E-state index contributed by atoms with van der Waals surface area (Å²) in [6, 6.07) is 8.81. The first-order valence-electron chi connectivity index (χ1n) is 8.24. The molecule has 0 aliphatic carbocycles. The van der Waals surface area contributed by atoms with E-state index in [1.165, 1.54) is 0 Å². The maximum Gasteiger partial charge on any atom is 0.289 e. The van der Waals surface area contributed by atoms with Crippen LogP contribution in [0.3, 0.4) is 0 Å². The van der Waals surface area contributed by atoms with Crippen molar-refractivity contribution in [2.45, 2.75) is 20.1 Å². The third-order valence-electron chi connectivity index (χ3n) is 4.12. The lowest BCUT2D eigenvalue weighted by Crippen LogP contribution is -2.27. The molecular weight excluding hydrogens is 434 g/mol. The summed E-state index contributed by atoms with van der Waals surface area (Å²) in [6.45, 7) is 2.56. The molecule has 8 heteroatoms. The molecule has 0 saturated heterocycles. The van der Waals surface area contributed by atoms with Gasteiger partial charge in [-0.1, -0.05) is 11.6 Å². The Hall–Kier alpha value is -2.25. The van der Waals surface area contributed by atoms with E-state index in [2.05, 4.69) is 21.0 Å². The standard InChI is InChI=1S/C19H19BrClN3O3/c1-12-8-13(21)4-6-17(12)26-11-14-5-7-18(27-14)19(25)23(2)10-16-15(20)9-22-24(16)3/h4-9H,10-11H2,1-3H3. The summed E-state index contributed by atoms with van der Waals surface area (Å²) >= 11 is 9.39. The summed E-state index contributed by atoms with van der Waals surface area (Å²) in [5, 5.41) is 4.82. The summed E-state index contributed by atoms with van der Waals surface area (Å²) in [5.41, 5.74) is 1.84. The van der Waals surface area contributed by atoms with E-state index in [9.17, 15) is 4.79 Å². The zero-order chi connectivity index (χ0) is 19.6. The molecule has 27 heavy (non-hydrogen) atoms. The molecule has 1 amide bonds. The zero-order valence-corrected chi connectivity index (χ0v) is 17.5. The third kappa shape index (κ3) is 4.54. The maximum absolute atomic E-state index is 12.6. The van der Waals surface area contributed by atoms with Gasteiger partial charge in [0.25, 0.3) is 5.91 Å². The lowest BCUT2D eigenvalue weighted by molar-refractivity contribution is 0.0746. The minimum absolute atomic E-state index is 0.211. The van der Waals surface area contributed by atoms with Gasteiger partial charge in [-0.3, -0.25) is 9.48 Å². The van der Waals surface area contributed by atoms with Crippen LogP contribution in [0.25, 0.3) is 0 Å². The highest BCUT2D eigenvalue weighted by molar-refractivity contribution is 9.10. The van der Waals surface area contributed by atoms with Crippen LogP contribution in [-0.2, 0) is 20.2 Å². The summed E-state index contributed by atoms with van der Waals surface area (Å²) in [5.74, 6) is 1.35. The number of carbonyl (C=O) groups is 1. The van der Waals surface area contributed by atoms with Crippen LogP contribution in [0.1, 0.15) is 27.6 Å². The Morgan fingerprint density at radius 1 is 1.37 bits per heavy atom. The molecule has 0 atom stereocenters. The average Bonchev–Trinajstić information content (AvgIpc) is 3.22. The first-order chi connectivity index (χ1) is 12.8. The number of aromatic nitrogens is 2. The van der Waals surface area contributed by atoms with Crippen molar-refractivity contribution >= 4 is 33.4 Å². The van der Waals surface area contributed by atoms with Gasteiger partial charge in [0.2, 0.25) is 0 Å². The fourth-order valence-corrected chi connectivity index (χ4v) is 3.29. The Kier molecular flexibility index (Phi) is 5.92. The molecule has 1 aromatic carbocycles. The van der Waals surface area contributed by atoms with Gasteiger partial charge in [-0.2, -0.15) is 5.10 Å². The molecule has 0 fully saturated rings. The van der Waals surface area contributed by atoms with Gasteiger partial charge in [-0.15, -0.1) is 0 Å². The summed E-state index contributed by atoms with van der Waals surface area (Å²) in [6.07, 6.45) is 1.70. The predicted octanol–water partition coefficient (Wildman–Crippen LogP) is 4.59. The number of amides is 1. The minimum atomic E-state index is -0.211. The van der Waals surface area contributed by atoms with Gasteiger partial charge in [0.15, 0.2) is 5.76 Å². The molecule has 3 rings (SSSR count). The number of aryl methyl sites for hydroxylation is 2. The summed E-state index contributed by atoms with van der Waals surface area (Å²) < 4.78 is 14.0. The van der Waals surface area contributed by atoms with Gasteiger partial charge >= 0.3 is 0 Å². The van der Waals surface area contributed by atoms with Crippen LogP contribution in [0.2, 0.25) is 5.02 Å². The molecule has 0 N–H and O–H groups in total. The number of halogens is 2. The minimum Gasteiger partial charge on any atom is -0.485 e. The van der Waals surface area contributed by atoms with Crippen LogP contribution in [-0.4, -0.2) is 27.6 Å². The van der Waals surface area contributed by atoms with Crippen LogP contribution in [0, 0.1) is 6.92 Å². The molecule has 6 nitrogen and oxygen atoms in total. The van der Waals surface area contributed by atoms with Gasteiger partial charge in [0.1, 0.15) is 18.1 Å². The normalized spacial score (nSPS) is 10.9. The van der Waals surface area contributed by atoms with Crippen molar-refractivity contribution in [3.05, 3.63) is 68.8 Å². The average molecular weight is 453 g/mol. The first-order valence-corrected chi connectivity index (χ1v) is 9.41. The van der Waals surface area contributed by atoms with Crippen molar-refractivity contribution in [2.24, 2.45) is 7.05 Å². The van der Waals surface area contributed by atoms with E-state index < -0.39 is 0 Å². The molecule has 0 aliphatic rings. The molecule has 2 aromatic heterocycles. The second kappa shape index (κ2) is 8.19. The number of nitrogens with zero attached hydrogens (tertiary/aromatic N) is 3. The van der Waals surface area contributed by atoms with Crippen LogP contribution >= 0.6 is 27.5 Å². The van der Waals surface area contributed by atoms with Crippen molar-refractivity contribution in [3.8, 4) is 5.75 Å². The Balaban J connectivity index is 1.63. The van der Waals surface area contributed by atoms with Crippen molar-refractivity contribution < 1.29 is 13.9 Å². The van der Waals surface area contributed by atoms with Crippen molar-refractivity contribution in [2.75, 3.05) is 7.05 Å². The maximum atomic E-state index is 12.6. The largest absolute Gasteiger partial charge is 0.485 e. The van der Waals surface area contributed by atoms with Crippen LogP contribution in [0.5, 0.6) is 5.75 Å². The van der Waals surface area contributed by atoms with E-state index in [-0.39, 0.29) is 18.3 Å². The monoisotopic (exact) mass is 451 g/mol. The quantitative estimate of drug-likeness (QED) is 0.549. The fraction of sp³-hybridized carbons (Fsp3) is 0.263. The summed E-state index contributed by atoms with van der Waals surface area (Å²) in [4.78, 5) is 14.2. The highest BCUT2D eigenvalue weighted by atomic mass is 79.9. The Bertz CT molecular complexity index is 948. The van der Waals surface area contributed by atoms with E-state index in [1.54, 1.807) is 41.0 Å². The smallest absolute Gasteiger partial charge is 0.289 e. The number of benzene rings is 1. The SMILES string of the molecule is Cc1cc(Cl)ccc1OCc1ccc(C(=O)N(C)Cc2c(Br)cnn2C)o1. The molecule has 2 heterocycles. The molecule has 142 valence electrons. The Morgan fingerprint density at radius 2 is 2.15 bits per heavy atom. The Morgan fingerprint density at radius 3 is 2.81 bits per heavy atom. The number of hydrogen-bond acceptors (Lipinski definition) is 4. The van der Waals surface area contributed by atoms with Gasteiger partial charge in [-0.25, -0.2) is 0 Å². The second-order valence-corrected chi connectivity index (χ2v) is 7.48. The topological polar surface area (TPSA) is 60.5 Å².